The van der Waals surface area contributed by atoms with E-state index in [1.54, 1.807) is 24.3 Å². The van der Waals surface area contributed by atoms with Crippen LogP contribution in [0.4, 0.5) is 0 Å². The van der Waals surface area contributed by atoms with Gasteiger partial charge in [-0.1, -0.05) is 37.9 Å². The van der Waals surface area contributed by atoms with Crippen LogP contribution in [-0.2, 0) is 21.1 Å². The maximum Gasteiger partial charge on any atom is 1.00 e. The first-order valence-corrected chi connectivity index (χ1v) is 10.5. The van der Waals surface area contributed by atoms with E-state index in [0.29, 0.717) is 17.9 Å². The molecule has 0 aliphatic carbocycles. The van der Waals surface area contributed by atoms with E-state index < -0.39 is 29.1 Å². The molecule has 0 amide bonds. The Morgan fingerprint density at radius 1 is 0.893 bits per heavy atom. The van der Waals surface area contributed by atoms with Gasteiger partial charge in [0, 0.05) is 0 Å². The van der Waals surface area contributed by atoms with E-state index in [0.717, 1.165) is 5.56 Å². The third kappa shape index (κ3) is 12.4. The fraction of sp³-hybridized carbons (Fsp3) is 0.250. The predicted molar refractivity (Wildman–Crippen MR) is 87.0 cm³/mol. The first-order valence-electron chi connectivity index (χ1n) is 7.44. The van der Waals surface area contributed by atoms with Gasteiger partial charge in [-0.2, -0.15) is 0 Å². The smallest absolute Gasteiger partial charge is 0.810 e. The van der Waals surface area contributed by atoms with E-state index in [-0.39, 0.29) is 161 Å². The van der Waals surface area contributed by atoms with Gasteiger partial charge in [-0.25, -0.2) is 8.42 Å². The van der Waals surface area contributed by atoms with E-state index in [1.165, 1.54) is 0 Å². The molecule has 0 fully saturated rings. The Bertz CT molecular complexity index is 842. The minimum Gasteiger partial charge on any atom is -0.810 e. The Hall–Kier alpha value is 3.21. The van der Waals surface area contributed by atoms with Gasteiger partial charge in [-0.15, -0.1) is 0 Å². The molecule has 0 aromatic heterocycles. The van der Waals surface area contributed by atoms with Crippen LogP contribution >= 0.6 is 7.60 Å². The standard InChI is InChI=1S/C16H19O7PS.3K/c17-24(18,19)16(25(20,21)22)8-4-5-13-9-11-15(12-10-13)23-14-6-2-1-3-7-14;;;/h1-3,6-7,9-12,16H,4-5,8H2,(H2,17,18,19)(H,20,21,22);;;/q;3*+1/p-3. The molecule has 28 heavy (non-hydrogen) atoms. The number of rotatable bonds is 8. The van der Waals surface area contributed by atoms with Gasteiger partial charge in [-0.3, -0.25) is 0 Å². The summed E-state index contributed by atoms with van der Waals surface area (Å²) in [6.45, 7) is 0. The Morgan fingerprint density at radius 2 is 1.39 bits per heavy atom. The van der Waals surface area contributed by atoms with Crippen LogP contribution in [0.2, 0.25) is 0 Å². The van der Waals surface area contributed by atoms with Crippen molar-refractivity contribution in [2.24, 2.45) is 0 Å². The number of para-hydroxylation sites is 1. The van der Waals surface area contributed by atoms with Crippen molar-refractivity contribution in [1.29, 1.82) is 0 Å². The molecule has 0 bridgehead atoms. The fourth-order valence-corrected chi connectivity index (χ4v) is 4.51. The monoisotopic (exact) mass is 500 g/mol. The maximum atomic E-state index is 10.9. The summed E-state index contributed by atoms with van der Waals surface area (Å²) in [7, 11) is -10.7. The van der Waals surface area contributed by atoms with Crippen LogP contribution in [0.25, 0.3) is 0 Å². The number of hydrogen-bond acceptors (Lipinski definition) is 7. The topological polar surface area (TPSA) is 130 Å². The summed E-state index contributed by atoms with van der Waals surface area (Å²) < 4.78 is 49.2. The largest absolute Gasteiger partial charge is 1.00 e. The maximum absolute atomic E-state index is 10.9. The summed E-state index contributed by atoms with van der Waals surface area (Å²) in [5.74, 6) is 1.29. The van der Waals surface area contributed by atoms with Crippen molar-refractivity contribution < 1.29 is 186 Å². The Kier molecular flexibility index (Phi) is 19.0. The number of benzene rings is 2. The average molecular weight is 501 g/mol. The molecule has 7 nitrogen and oxygen atoms in total. The van der Waals surface area contributed by atoms with E-state index in [2.05, 4.69) is 0 Å². The van der Waals surface area contributed by atoms with Gasteiger partial charge in [0.2, 0.25) is 0 Å². The van der Waals surface area contributed by atoms with Gasteiger partial charge < -0.3 is 23.6 Å². The van der Waals surface area contributed by atoms with Crippen molar-refractivity contribution in [3.63, 3.8) is 0 Å². The van der Waals surface area contributed by atoms with Crippen LogP contribution in [0.1, 0.15) is 18.4 Å². The summed E-state index contributed by atoms with van der Waals surface area (Å²) >= 11 is 0. The molecule has 0 radical (unpaired) electrons. The number of ether oxygens (including phenoxy) is 1. The van der Waals surface area contributed by atoms with Gasteiger partial charge in [0.1, 0.15) is 21.6 Å². The molecule has 136 valence electrons. The molecule has 0 aliphatic heterocycles. The summed E-state index contributed by atoms with van der Waals surface area (Å²) in [4.78, 5) is 19.4. The van der Waals surface area contributed by atoms with Crippen LogP contribution in [-0.4, -0.2) is 18.0 Å². The summed E-state index contributed by atoms with van der Waals surface area (Å²) in [5, 5.41) is 0. The molecule has 2 aromatic rings. The van der Waals surface area contributed by atoms with Crippen molar-refractivity contribution in [3.8, 4) is 11.5 Å². The third-order valence-corrected chi connectivity index (χ3v) is 6.92. The molecule has 12 heteroatoms. The quantitative estimate of drug-likeness (QED) is 0.200. The minimum atomic E-state index is -5.49. The van der Waals surface area contributed by atoms with Crippen LogP contribution in [0, 0.1) is 0 Å². The average Bonchev–Trinajstić information content (AvgIpc) is 2.51. The SMILES string of the molecule is O=P([O-])([O-])C(CCCc1ccc(Oc2ccccc2)cc1)S(=O)(=O)[O-].[K+].[K+].[K+]. The molecule has 1 unspecified atom stereocenters. The van der Waals surface area contributed by atoms with Gasteiger partial charge in [0.25, 0.3) is 0 Å². The molecular formula is C16H16K3O7PS. The zero-order chi connectivity index (χ0) is 18.5. The normalized spacial score (nSPS) is 12.0. The number of aryl methyl sites for hydroxylation is 1. The van der Waals surface area contributed by atoms with Crippen LogP contribution in [0.3, 0.4) is 0 Å². The summed E-state index contributed by atoms with van der Waals surface area (Å²) in [5.41, 5.74) is 0.800. The molecule has 2 aromatic carbocycles. The van der Waals surface area contributed by atoms with Crippen molar-refractivity contribution in [2.75, 3.05) is 0 Å². The molecular weight excluding hydrogens is 485 g/mol. The van der Waals surface area contributed by atoms with Crippen molar-refractivity contribution >= 4 is 17.7 Å². The van der Waals surface area contributed by atoms with Crippen LogP contribution < -0.4 is 169 Å². The van der Waals surface area contributed by atoms with E-state index in [1.807, 2.05) is 30.3 Å². The van der Waals surface area contributed by atoms with E-state index in [9.17, 15) is 27.3 Å². The molecule has 0 saturated carbocycles. The van der Waals surface area contributed by atoms with E-state index in [4.69, 9.17) is 4.74 Å². The van der Waals surface area contributed by atoms with Gasteiger partial charge in [0.15, 0.2) is 0 Å². The Balaban J connectivity index is 0. The van der Waals surface area contributed by atoms with E-state index >= 15 is 0 Å². The van der Waals surface area contributed by atoms with Gasteiger partial charge >= 0.3 is 154 Å². The van der Waals surface area contributed by atoms with Gasteiger partial charge in [0.05, 0.1) is 4.99 Å². The second-order valence-corrected chi connectivity index (χ2v) is 9.05. The molecule has 0 saturated heterocycles. The van der Waals surface area contributed by atoms with Crippen LogP contribution in [0.15, 0.2) is 54.6 Å². The second-order valence-electron chi connectivity index (χ2n) is 5.44. The van der Waals surface area contributed by atoms with Gasteiger partial charge in [-0.05, 0) is 49.1 Å². The third-order valence-electron chi connectivity index (χ3n) is 3.50. The fourth-order valence-electron chi connectivity index (χ4n) is 2.29. The zero-order valence-electron chi connectivity index (χ0n) is 16.1. The Morgan fingerprint density at radius 3 is 1.86 bits per heavy atom. The number of hydrogen-bond donors (Lipinski definition) is 0. The van der Waals surface area contributed by atoms with Crippen molar-refractivity contribution in [3.05, 3.63) is 60.2 Å². The van der Waals surface area contributed by atoms with Crippen molar-refractivity contribution in [2.45, 2.75) is 24.3 Å². The van der Waals surface area contributed by atoms with Crippen LogP contribution in [0.5, 0.6) is 11.5 Å². The molecule has 0 N–H and O–H groups in total. The summed E-state index contributed by atoms with van der Waals surface area (Å²) in [6, 6.07) is 16.1. The Labute approximate surface area is 293 Å². The zero-order valence-corrected chi connectivity index (χ0v) is 27.2. The molecule has 1 atom stereocenters. The molecule has 0 spiro atoms. The first-order chi connectivity index (χ1) is 11.7. The molecule has 0 heterocycles. The molecule has 0 aliphatic rings. The van der Waals surface area contributed by atoms with Crippen molar-refractivity contribution in [1.82, 2.24) is 0 Å². The predicted octanol–water partition coefficient (Wildman–Crippen LogP) is -7.40. The summed E-state index contributed by atoms with van der Waals surface area (Å²) in [6.07, 6.45) is -0.102. The molecule has 2 rings (SSSR count). The second kappa shape index (κ2) is 15.9. The minimum absolute atomic E-state index is 0. The first kappa shape index (κ1) is 33.4.